The van der Waals surface area contributed by atoms with Crippen LogP contribution in [0.3, 0.4) is 0 Å². The van der Waals surface area contributed by atoms with Gasteiger partial charge in [-0.3, -0.25) is 9.59 Å². The molecule has 13 heavy (non-hydrogen) atoms. The SMILES string of the molecule is NC(=O)c1c[c-]cc(C(N)=O)c1.[Y]. The van der Waals surface area contributed by atoms with Crippen molar-refractivity contribution in [3.05, 3.63) is 35.4 Å². The average molecular weight is 252 g/mol. The van der Waals surface area contributed by atoms with Crippen LogP contribution in [0, 0.1) is 6.07 Å². The molecule has 0 unspecified atom stereocenters. The van der Waals surface area contributed by atoms with E-state index in [2.05, 4.69) is 6.07 Å². The second-order valence-corrected chi connectivity index (χ2v) is 2.24. The molecule has 0 fully saturated rings. The van der Waals surface area contributed by atoms with Crippen molar-refractivity contribution in [1.82, 2.24) is 0 Å². The molecule has 0 saturated carbocycles. The first-order chi connectivity index (χ1) is 5.61. The minimum Gasteiger partial charge on any atom is -0.376 e. The van der Waals surface area contributed by atoms with Crippen LogP contribution in [0.25, 0.3) is 0 Å². The van der Waals surface area contributed by atoms with Crippen LogP contribution in [0.15, 0.2) is 18.2 Å². The Kier molecular flexibility index (Phi) is 4.80. The summed E-state index contributed by atoms with van der Waals surface area (Å²) in [5, 5.41) is 0. The number of carbonyl (C=O) groups excluding carboxylic acids is 2. The first-order valence-electron chi connectivity index (χ1n) is 3.22. The van der Waals surface area contributed by atoms with Crippen LogP contribution in [-0.2, 0) is 32.7 Å². The molecular weight excluding hydrogens is 245 g/mol. The molecule has 0 aromatic heterocycles. The summed E-state index contributed by atoms with van der Waals surface area (Å²) < 4.78 is 0. The molecule has 5 heteroatoms. The normalized spacial score (nSPS) is 8.62. The molecule has 0 spiro atoms. The average Bonchev–Trinajstić information content (AvgIpc) is 2.04. The molecule has 1 radical (unpaired) electrons. The maximum atomic E-state index is 10.6. The number of nitrogens with two attached hydrogens (primary N) is 2. The molecule has 4 nitrogen and oxygen atoms in total. The molecule has 0 atom stereocenters. The Balaban J connectivity index is 0.00000144. The van der Waals surface area contributed by atoms with Crippen LogP contribution in [0.2, 0.25) is 0 Å². The number of primary amides is 2. The molecule has 1 rings (SSSR count). The van der Waals surface area contributed by atoms with Crippen LogP contribution in [0.4, 0.5) is 0 Å². The molecule has 0 aliphatic rings. The van der Waals surface area contributed by atoms with E-state index in [-0.39, 0.29) is 43.8 Å². The Bertz CT molecular complexity index is 309. The molecule has 0 aliphatic carbocycles. The van der Waals surface area contributed by atoms with Crippen molar-refractivity contribution >= 4 is 11.8 Å². The molecule has 1 aromatic rings. The summed E-state index contributed by atoms with van der Waals surface area (Å²) in [4.78, 5) is 21.3. The van der Waals surface area contributed by atoms with Gasteiger partial charge in [0.25, 0.3) is 0 Å². The second-order valence-electron chi connectivity index (χ2n) is 2.24. The van der Waals surface area contributed by atoms with Gasteiger partial charge >= 0.3 is 0 Å². The third-order valence-electron chi connectivity index (χ3n) is 1.36. The summed E-state index contributed by atoms with van der Waals surface area (Å²) in [6.45, 7) is 0. The van der Waals surface area contributed by atoms with Crippen molar-refractivity contribution in [2.24, 2.45) is 11.5 Å². The zero-order valence-electron chi connectivity index (χ0n) is 6.78. The third-order valence-corrected chi connectivity index (χ3v) is 1.36. The smallest absolute Gasteiger partial charge is 0.192 e. The number of amides is 2. The Morgan fingerprint density at radius 1 is 1.08 bits per heavy atom. The van der Waals surface area contributed by atoms with Gasteiger partial charge in [0.2, 0.25) is 0 Å². The number of rotatable bonds is 2. The fourth-order valence-corrected chi connectivity index (χ4v) is 0.757. The van der Waals surface area contributed by atoms with Crippen molar-refractivity contribution in [3.63, 3.8) is 0 Å². The maximum Gasteiger partial charge on any atom is 0.192 e. The van der Waals surface area contributed by atoms with E-state index in [1.54, 1.807) is 0 Å². The monoisotopic (exact) mass is 252 g/mol. The predicted molar refractivity (Wildman–Crippen MR) is 42.3 cm³/mol. The van der Waals surface area contributed by atoms with Gasteiger partial charge in [-0.1, -0.05) is 11.1 Å². The minimum atomic E-state index is -0.602. The van der Waals surface area contributed by atoms with Crippen molar-refractivity contribution in [1.29, 1.82) is 0 Å². The van der Waals surface area contributed by atoms with E-state index in [1.165, 1.54) is 18.2 Å². The van der Waals surface area contributed by atoms with Crippen LogP contribution < -0.4 is 11.5 Å². The minimum absolute atomic E-state index is 0. The summed E-state index contributed by atoms with van der Waals surface area (Å²) in [5.41, 5.74) is 10.4. The Morgan fingerprint density at radius 3 is 1.77 bits per heavy atom. The molecule has 0 bridgehead atoms. The van der Waals surface area contributed by atoms with Crippen molar-refractivity contribution in [2.45, 2.75) is 0 Å². The van der Waals surface area contributed by atoms with Gasteiger partial charge < -0.3 is 11.5 Å². The Morgan fingerprint density at radius 2 is 1.46 bits per heavy atom. The van der Waals surface area contributed by atoms with E-state index in [0.29, 0.717) is 0 Å². The fraction of sp³-hybridized carbons (Fsp3) is 0. The van der Waals surface area contributed by atoms with Crippen LogP contribution in [0.5, 0.6) is 0 Å². The van der Waals surface area contributed by atoms with E-state index in [0.717, 1.165) is 0 Å². The number of benzene rings is 1. The van der Waals surface area contributed by atoms with E-state index in [1.807, 2.05) is 0 Å². The fourth-order valence-electron chi connectivity index (χ4n) is 0.757. The van der Waals surface area contributed by atoms with Crippen LogP contribution >= 0.6 is 0 Å². The summed E-state index contributed by atoms with van der Waals surface area (Å²) in [6, 6.07) is 6.72. The van der Waals surface area contributed by atoms with Gasteiger partial charge in [0, 0.05) is 32.7 Å². The van der Waals surface area contributed by atoms with Gasteiger partial charge in [0.05, 0.1) is 0 Å². The predicted octanol–water partition coefficient (Wildman–Crippen LogP) is -0.318. The number of hydrogen-bond donors (Lipinski definition) is 2. The Hall–Kier alpha value is -0.736. The summed E-state index contributed by atoms with van der Waals surface area (Å²) in [6.07, 6.45) is 0. The van der Waals surface area contributed by atoms with E-state index >= 15 is 0 Å². The summed E-state index contributed by atoms with van der Waals surface area (Å²) in [5.74, 6) is -1.20. The quantitative estimate of drug-likeness (QED) is 0.707. The van der Waals surface area contributed by atoms with Crippen LogP contribution in [0.1, 0.15) is 20.7 Å². The molecule has 0 heterocycles. The van der Waals surface area contributed by atoms with Gasteiger partial charge in [0.1, 0.15) is 0 Å². The Labute approximate surface area is 101 Å². The number of carbonyl (C=O) groups is 2. The molecular formula is C8H7N2O2Y-. The summed E-state index contributed by atoms with van der Waals surface area (Å²) >= 11 is 0. The van der Waals surface area contributed by atoms with Crippen molar-refractivity contribution in [2.75, 3.05) is 0 Å². The standard InChI is InChI=1S/C8H7N2O2.Y/c9-7(11)5-2-1-3-6(4-5)8(10)12;/h2-4H,(H2,9,11)(H2,10,12);/q-1;. The molecule has 1 aromatic carbocycles. The maximum absolute atomic E-state index is 10.6. The van der Waals surface area contributed by atoms with E-state index in [4.69, 9.17) is 11.5 Å². The van der Waals surface area contributed by atoms with Crippen molar-refractivity contribution in [3.8, 4) is 0 Å². The first kappa shape index (κ1) is 12.3. The third kappa shape index (κ3) is 3.24. The van der Waals surface area contributed by atoms with Gasteiger partial charge in [0.15, 0.2) is 11.8 Å². The zero-order chi connectivity index (χ0) is 9.14. The molecule has 65 valence electrons. The molecule has 0 saturated heterocycles. The summed E-state index contributed by atoms with van der Waals surface area (Å²) in [7, 11) is 0. The van der Waals surface area contributed by atoms with Gasteiger partial charge in [-0.05, 0) is 0 Å². The van der Waals surface area contributed by atoms with E-state index in [9.17, 15) is 9.59 Å². The first-order valence-corrected chi connectivity index (χ1v) is 3.22. The molecule has 2 amide bonds. The van der Waals surface area contributed by atoms with Gasteiger partial charge in [-0.25, -0.2) is 0 Å². The van der Waals surface area contributed by atoms with Crippen LogP contribution in [-0.4, -0.2) is 11.8 Å². The number of hydrogen-bond acceptors (Lipinski definition) is 2. The molecule has 4 N–H and O–H groups in total. The van der Waals surface area contributed by atoms with Crippen molar-refractivity contribution < 1.29 is 42.3 Å². The van der Waals surface area contributed by atoms with Gasteiger partial charge in [-0.15, -0.1) is 6.07 Å². The second kappa shape index (κ2) is 5.09. The molecule has 0 aliphatic heterocycles. The van der Waals surface area contributed by atoms with E-state index < -0.39 is 11.8 Å². The topological polar surface area (TPSA) is 86.2 Å². The van der Waals surface area contributed by atoms with Gasteiger partial charge in [-0.2, -0.15) is 18.2 Å². The zero-order valence-corrected chi connectivity index (χ0v) is 9.62. The largest absolute Gasteiger partial charge is 0.376 e.